The molecule has 0 radical (unpaired) electrons. The van der Waals surface area contributed by atoms with Crippen LogP contribution in [0.1, 0.15) is 47.9 Å². The van der Waals surface area contributed by atoms with E-state index in [1.54, 1.807) is 29.5 Å². The highest BCUT2D eigenvalue weighted by atomic mass is 19.1. The number of nitrogens with one attached hydrogen (secondary N) is 1. The van der Waals surface area contributed by atoms with Crippen molar-refractivity contribution in [2.75, 3.05) is 6.54 Å². The summed E-state index contributed by atoms with van der Waals surface area (Å²) < 4.78 is 20.2. The fraction of sp³-hybridized carbons (Fsp3) is 0.500. The number of nitrogens with zero attached hydrogens (tertiary/aromatic N) is 3. The number of furan rings is 1. The zero-order chi connectivity index (χ0) is 18.3. The maximum Gasteiger partial charge on any atom is 0.271 e. The van der Waals surface area contributed by atoms with Gasteiger partial charge in [-0.3, -0.25) is 9.59 Å². The molecule has 7 nitrogen and oxygen atoms in total. The second-order valence-corrected chi connectivity index (χ2v) is 6.91. The van der Waals surface area contributed by atoms with Crippen LogP contribution in [-0.2, 0) is 17.9 Å². The van der Waals surface area contributed by atoms with Crippen LogP contribution in [0, 0.1) is 5.92 Å². The molecule has 1 N–H and O–H groups in total. The molecule has 2 aromatic heterocycles. The summed E-state index contributed by atoms with van der Waals surface area (Å²) in [5.41, 5.74) is 0.320. The maximum atomic E-state index is 13.1. The molecule has 2 aliphatic rings. The van der Waals surface area contributed by atoms with Crippen molar-refractivity contribution in [3.05, 3.63) is 41.9 Å². The molecule has 26 heavy (non-hydrogen) atoms. The third-order valence-electron chi connectivity index (χ3n) is 5.18. The Hall–Kier alpha value is -2.64. The first-order valence-electron chi connectivity index (χ1n) is 8.85. The highest BCUT2D eigenvalue weighted by Gasteiger charge is 2.40. The van der Waals surface area contributed by atoms with Crippen molar-refractivity contribution in [1.29, 1.82) is 0 Å². The van der Waals surface area contributed by atoms with E-state index >= 15 is 0 Å². The summed E-state index contributed by atoms with van der Waals surface area (Å²) in [5.74, 6) is 0.838. The van der Waals surface area contributed by atoms with Crippen molar-refractivity contribution in [1.82, 2.24) is 19.8 Å². The third-order valence-corrected chi connectivity index (χ3v) is 5.18. The lowest BCUT2D eigenvalue weighted by Gasteiger charge is -2.39. The Morgan fingerprint density at radius 3 is 2.88 bits per heavy atom. The van der Waals surface area contributed by atoms with Crippen molar-refractivity contribution >= 4 is 11.8 Å². The van der Waals surface area contributed by atoms with Gasteiger partial charge in [0.25, 0.3) is 5.91 Å². The SMILES string of the molecule is C[C@H]1c2nc(C(=O)NCc3ccco3)cn2CCN1C(=O)C1CC(F)C1. The molecule has 1 aliphatic carbocycles. The number of carbonyl (C=O) groups is 2. The van der Waals surface area contributed by atoms with Gasteiger partial charge < -0.3 is 19.2 Å². The molecular weight excluding hydrogens is 339 g/mol. The van der Waals surface area contributed by atoms with E-state index < -0.39 is 6.17 Å². The Kier molecular flexibility index (Phi) is 4.26. The number of fused-ring (bicyclic) bond motifs is 1. The number of hydrogen-bond donors (Lipinski definition) is 1. The van der Waals surface area contributed by atoms with Crippen molar-refractivity contribution in [2.45, 2.75) is 45.1 Å². The van der Waals surface area contributed by atoms with E-state index in [1.807, 2.05) is 11.5 Å². The number of amides is 2. The van der Waals surface area contributed by atoms with Gasteiger partial charge in [-0.2, -0.15) is 0 Å². The number of carbonyl (C=O) groups excluding carboxylic acids is 2. The van der Waals surface area contributed by atoms with Gasteiger partial charge in [-0.05, 0) is 31.9 Å². The molecular formula is C18H21FN4O3. The van der Waals surface area contributed by atoms with E-state index in [9.17, 15) is 14.0 Å². The molecule has 0 saturated heterocycles. The minimum Gasteiger partial charge on any atom is -0.467 e. The monoisotopic (exact) mass is 360 g/mol. The third kappa shape index (κ3) is 3.00. The van der Waals surface area contributed by atoms with Gasteiger partial charge in [0.1, 0.15) is 23.5 Å². The van der Waals surface area contributed by atoms with Crippen LogP contribution in [0.4, 0.5) is 4.39 Å². The summed E-state index contributed by atoms with van der Waals surface area (Å²) in [6.45, 7) is 3.31. The minimum absolute atomic E-state index is 0.00975. The lowest BCUT2D eigenvalue weighted by atomic mass is 9.82. The number of aromatic nitrogens is 2. The molecule has 1 saturated carbocycles. The molecule has 138 valence electrons. The summed E-state index contributed by atoms with van der Waals surface area (Å²) >= 11 is 0. The standard InChI is InChI=1S/C18H21FN4O3/c1-11-16-21-15(17(24)20-9-14-3-2-6-26-14)10-22(16)4-5-23(11)18(25)12-7-13(19)8-12/h2-3,6,10-13H,4-5,7-9H2,1H3,(H,20,24)/t11-,12?,13?/m0/s1. The highest BCUT2D eigenvalue weighted by molar-refractivity contribution is 5.92. The topological polar surface area (TPSA) is 80.4 Å². The number of imidazole rings is 1. The van der Waals surface area contributed by atoms with Gasteiger partial charge in [0.2, 0.25) is 5.91 Å². The Labute approximate surface area is 150 Å². The molecule has 0 spiro atoms. The molecule has 8 heteroatoms. The van der Waals surface area contributed by atoms with E-state index in [0.29, 0.717) is 49.8 Å². The summed E-state index contributed by atoms with van der Waals surface area (Å²) in [5, 5.41) is 2.77. The first kappa shape index (κ1) is 16.8. The molecule has 0 unspecified atom stereocenters. The summed E-state index contributed by atoms with van der Waals surface area (Å²) in [6.07, 6.45) is 3.05. The lowest BCUT2D eigenvalue weighted by Crippen LogP contribution is -2.47. The van der Waals surface area contributed by atoms with Crippen LogP contribution in [-0.4, -0.2) is 39.0 Å². The van der Waals surface area contributed by atoms with Crippen LogP contribution in [0.3, 0.4) is 0 Å². The second-order valence-electron chi connectivity index (χ2n) is 6.91. The van der Waals surface area contributed by atoms with Crippen LogP contribution in [0.2, 0.25) is 0 Å². The molecule has 2 amide bonds. The van der Waals surface area contributed by atoms with E-state index in [2.05, 4.69) is 10.3 Å². The Balaban J connectivity index is 1.44. The van der Waals surface area contributed by atoms with Crippen molar-refractivity contribution in [2.24, 2.45) is 5.92 Å². The Bertz CT molecular complexity index is 811. The smallest absolute Gasteiger partial charge is 0.271 e. The van der Waals surface area contributed by atoms with E-state index in [4.69, 9.17) is 4.42 Å². The molecule has 0 aromatic carbocycles. The summed E-state index contributed by atoms with van der Waals surface area (Å²) in [6, 6.07) is 3.31. The highest BCUT2D eigenvalue weighted by Crippen LogP contribution is 2.35. The fourth-order valence-electron chi connectivity index (χ4n) is 3.56. The molecule has 0 bridgehead atoms. The van der Waals surface area contributed by atoms with Crippen LogP contribution in [0.15, 0.2) is 29.0 Å². The van der Waals surface area contributed by atoms with Crippen molar-refractivity contribution < 1.29 is 18.4 Å². The largest absolute Gasteiger partial charge is 0.467 e. The number of alkyl halides is 1. The zero-order valence-corrected chi connectivity index (χ0v) is 14.5. The minimum atomic E-state index is -0.851. The zero-order valence-electron chi connectivity index (χ0n) is 14.5. The van der Waals surface area contributed by atoms with E-state index in [0.717, 1.165) is 0 Å². The average Bonchev–Trinajstić information content (AvgIpc) is 3.26. The quantitative estimate of drug-likeness (QED) is 0.905. The average molecular weight is 360 g/mol. The number of rotatable bonds is 4. The van der Waals surface area contributed by atoms with Gasteiger partial charge >= 0.3 is 0 Å². The molecule has 4 rings (SSSR count). The van der Waals surface area contributed by atoms with E-state index in [-0.39, 0.29) is 23.8 Å². The van der Waals surface area contributed by atoms with Crippen molar-refractivity contribution in [3.63, 3.8) is 0 Å². The predicted octanol–water partition coefficient (Wildman–Crippen LogP) is 2.06. The van der Waals surface area contributed by atoms with Crippen LogP contribution < -0.4 is 5.32 Å². The fourth-order valence-corrected chi connectivity index (χ4v) is 3.56. The maximum absolute atomic E-state index is 13.1. The molecule has 1 aliphatic heterocycles. The molecule has 1 atom stereocenters. The normalized spacial score (nSPS) is 24.7. The molecule has 1 fully saturated rings. The first-order valence-corrected chi connectivity index (χ1v) is 8.85. The van der Waals surface area contributed by atoms with Gasteiger partial charge in [0.05, 0.1) is 18.8 Å². The van der Waals surface area contributed by atoms with Gasteiger partial charge in [0.15, 0.2) is 0 Å². The lowest BCUT2D eigenvalue weighted by molar-refractivity contribution is -0.143. The summed E-state index contributed by atoms with van der Waals surface area (Å²) in [4.78, 5) is 31.1. The number of hydrogen-bond acceptors (Lipinski definition) is 4. The molecule has 3 heterocycles. The predicted molar refractivity (Wildman–Crippen MR) is 89.9 cm³/mol. The summed E-state index contributed by atoms with van der Waals surface area (Å²) in [7, 11) is 0. The van der Waals surface area contributed by atoms with Crippen LogP contribution >= 0.6 is 0 Å². The Morgan fingerprint density at radius 1 is 1.38 bits per heavy atom. The number of halogens is 1. The van der Waals surface area contributed by atoms with Gasteiger partial charge in [0, 0.05) is 25.2 Å². The van der Waals surface area contributed by atoms with Gasteiger partial charge in [-0.15, -0.1) is 0 Å². The van der Waals surface area contributed by atoms with Crippen LogP contribution in [0.5, 0.6) is 0 Å². The van der Waals surface area contributed by atoms with Crippen LogP contribution in [0.25, 0.3) is 0 Å². The van der Waals surface area contributed by atoms with Gasteiger partial charge in [-0.1, -0.05) is 0 Å². The van der Waals surface area contributed by atoms with E-state index in [1.165, 1.54) is 0 Å². The Morgan fingerprint density at radius 2 is 2.19 bits per heavy atom. The first-order chi connectivity index (χ1) is 12.5. The molecule has 2 aromatic rings. The van der Waals surface area contributed by atoms with Gasteiger partial charge in [-0.25, -0.2) is 9.37 Å². The van der Waals surface area contributed by atoms with Crippen molar-refractivity contribution in [3.8, 4) is 0 Å². The second kappa shape index (κ2) is 6.59.